The molecule has 6 heteroatoms. The van der Waals surface area contributed by atoms with Crippen molar-refractivity contribution in [3.63, 3.8) is 0 Å². The summed E-state index contributed by atoms with van der Waals surface area (Å²) in [6.45, 7) is 2.35. The first-order chi connectivity index (χ1) is 11.0. The Labute approximate surface area is 148 Å². The minimum atomic E-state index is -0.430. The van der Waals surface area contributed by atoms with Gasteiger partial charge in [-0.3, -0.25) is 4.79 Å². The number of nitrogens with two attached hydrogens (primary N) is 1. The Morgan fingerprint density at radius 2 is 2.00 bits per heavy atom. The maximum absolute atomic E-state index is 13.0. The monoisotopic (exact) mass is 399 g/mol. The van der Waals surface area contributed by atoms with E-state index < -0.39 is 5.82 Å². The summed E-state index contributed by atoms with van der Waals surface area (Å²) in [5.41, 5.74) is 1.59. The third kappa shape index (κ3) is 5.30. The van der Waals surface area contributed by atoms with Crippen LogP contribution in [0.5, 0.6) is 0 Å². The lowest BCUT2D eigenvalue weighted by Gasteiger charge is -2.14. The molecule has 1 amide bonds. The molecular formula is C17H18BrClFN2O+. The van der Waals surface area contributed by atoms with Gasteiger partial charge in [0.1, 0.15) is 11.9 Å². The summed E-state index contributed by atoms with van der Waals surface area (Å²) >= 11 is 9.32. The number of amides is 1. The summed E-state index contributed by atoms with van der Waals surface area (Å²) in [6, 6.07) is 12.2. The molecule has 0 saturated heterocycles. The Balaban J connectivity index is 1.93. The average molecular weight is 401 g/mol. The van der Waals surface area contributed by atoms with Crippen LogP contribution in [0.2, 0.25) is 5.02 Å². The highest BCUT2D eigenvalue weighted by molar-refractivity contribution is 9.10. The zero-order valence-corrected chi connectivity index (χ0v) is 15.0. The largest absolute Gasteiger partial charge is 0.332 e. The molecular weight excluding hydrogens is 383 g/mol. The molecule has 0 aliphatic heterocycles. The van der Waals surface area contributed by atoms with Crippen LogP contribution in [0.25, 0.3) is 0 Å². The van der Waals surface area contributed by atoms with Crippen molar-refractivity contribution in [3.05, 3.63) is 63.3 Å². The van der Waals surface area contributed by atoms with Gasteiger partial charge >= 0.3 is 0 Å². The van der Waals surface area contributed by atoms with Crippen LogP contribution in [0.3, 0.4) is 0 Å². The van der Waals surface area contributed by atoms with E-state index in [9.17, 15) is 9.18 Å². The Kier molecular flexibility index (Phi) is 6.57. The summed E-state index contributed by atoms with van der Waals surface area (Å²) in [6.07, 6.45) is 0.909. The van der Waals surface area contributed by atoms with Crippen molar-refractivity contribution in [1.29, 1.82) is 0 Å². The molecule has 0 aliphatic carbocycles. The van der Waals surface area contributed by atoms with Gasteiger partial charge in [0.2, 0.25) is 0 Å². The fourth-order valence-corrected chi connectivity index (χ4v) is 2.77. The number of benzene rings is 2. The number of rotatable bonds is 6. The summed E-state index contributed by atoms with van der Waals surface area (Å²) in [4.78, 5) is 12.1. The number of halogens is 3. The highest BCUT2D eigenvalue weighted by Crippen LogP contribution is 2.22. The summed E-state index contributed by atoms with van der Waals surface area (Å²) < 4.78 is 14.0. The van der Waals surface area contributed by atoms with Crippen LogP contribution >= 0.6 is 27.5 Å². The van der Waals surface area contributed by atoms with E-state index in [1.807, 2.05) is 29.6 Å². The predicted octanol–water partition coefficient (Wildman–Crippen LogP) is 3.89. The molecule has 2 rings (SSSR count). The number of carbonyl (C=O) groups excluding carboxylic acids is 1. The molecule has 0 heterocycles. The molecule has 2 aromatic carbocycles. The highest BCUT2D eigenvalue weighted by Gasteiger charge is 2.15. The van der Waals surface area contributed by atoms with E-state index in [0.717, 1.165) is 10.9 Å². The quantitative estimate of drug-likeness (QED) is 0.759. The van der Waals surface area contributed by atoms with Gasteiger partial charge in [-0.25, -0.2) is 4.39 Å². The fraction of sp³-hybridized carbons (Fsp3) is 0.235. The Hall–Kier alpha value is -1.43. The van der Waals surface area contributed by atoms with Crippen molar-refractivity contribution >= 4 is 39.1 Å². The molecule has 122 valence electrons. The average Bonchev–Trinajstić information content (AvgIpc) is 2.52. The van der Waals surface area contributed by atoms with Crippen molar-refractivity contribution < 1.29 is 14.5 Å². The molecule has 1 atom stereocenters. The van der Waals surface area contributed by atoms with Gasteiger partial charge in [0.05, 0.1) is 10.7 Å². The van der Waals surface area contributed by atoms with Gasteiger partial charge in [0, 0.05) is 16.5 Å². The van der Waals surface area contributed by atoms with E-state index in [1.54, 1.807) is 0 Å². The number of carbonyl (C=O) groups is 1. The molecule has 0 unspecified atom stereocenters. The van der Waals surface area contributed by atoms with Crippen LogP contribution in [0.15, 0.2) is 46.9 Å². The SMILES string of the molecule is CC[C@@H]([NH2+]CC(=O)Nc1ccc(F)cc1Cl)c1ccc(Br)cc1. The van der Waals surface area contributed by atoms with Crippen LogP contribution < -0.4 is 10.6 Å². The van der Waals surface area contributed by atoms with Crippen molar-refractivity contribution in [2.45, 2.75) is 19.4 Å². The standard InChI is InChI=1S/C17H17BrClFN2O/c1-2-15(11-3-5-12(18)6-4-11)21-10-17(23)22-16-8-7-13(20)9-14(16)19/h3-9,15,21H,2,10H2,1H3,(H,22,23)/p+1/t15-/m1/s1. The second kappa shape index (κ2) is 8.43. The molecule has 0 bridgehead atoms. The van der Waals surface area contributed by atoms with Gasteiger partial charge in [-0.15, -0.1) is 0 Å². The maximum Gasteiger partial charge on any atom is 0.279 e. The van der Waals surface area contributed by atoms with Crippen LogP contribution in [0, 0.1) is 5.82 Å². The van der Waals surface area contributed by atoms with Crippen molar-refractivity contribution in [3.8, 4) is 0 Å². The van der Waals surface area contributed by atoms with Crippen LogP contribution in [0.1, 0.15) is 24.9 Å². The van der Waals surface area contributed by atoms with E-state index in [2.05, 4.69) is 28.2 Å². The lowest BCUT2D eigenvalue weighted by atomic mass is 10.0. The normalized spacial score (nSPS) is 12.0. The maximum atomic E-state index is 13.0. The first-order valence-corrected chi connectivity index (χ1v) is 8.50. The van der Waals surface area contributed by atoms with E-state index in [0.29, 0.717) is 5.69 Å². The Bertz CT molecular complexity index is 679. The highest BCUT2D eigenvalue weighted by atomic mass is 79.9. The molecule has 0 radical (unpaired) electrons. The fourth-order valence-electron chi connectivity index (χ4n) is 2.29. The molecule has 0 spiro atoms. The third-order valence-electron chi connectivity index (χ3n) is 3.53. The zero-order chi connectivity index (χ0) is 16.8. The van der Waals surface area contributed by atoms with Gasteiger partial charge < -0.3 is 10.6 Å². The smallest absolute Gasteiger partial charge is 0.279 e. The second-order valence-corrected chi connectivity index (χ2v) is 6.50. The minimum Gasteiger partial charge on any atom is -0.332 e. The predicted molar refractivity (Wildman–Crippen MR) is 94.0 cm³/mol. The summed E-state index contributed by atoms with van der Waals surface area (Å²) in [5.74, 6) is -0.602. The van der Waals surface area contributed by atoms with Gasteiger partial charge in [-0.2, -0.15) is 0 Å². The van der Waals surface area contributed by atoms with Crippen LogP contribution in [-0.4, -0.2) is 12.5 Å². The minimum absolute atomic E-state index is 0.172. The number of nitrogens with one attached hydrogen (secondary N) is 1. The van der Waals surface area contributed by atoms with Crippen LogP contribution in [-0.2, 0) is 4.79 Å². The summed E-state index contributed by atoms with van der Waals surface area (Å²) in [5, 5.41) is 4.88. The van der Waals surface area contributed by atoms with Gasteiger partial charge in [-0.1, -0.05) is 46.6 Å². The van der Waals surface area contributed by atoms with Gasteiger partial charge in [0.15, 0.2) is 6.54 Å². The Morgan fingerprint density at radius 1 is 1.30 bits per heavy atom. The lowest BCUT2D eigenvalue weighted by Crippen LogP contribution is -2.87. The number of quaternary nitrogens is 1. The third-order valence-corrected chi connectivity index (χ3v) is 4.37. The van der Waals surface area contributed by atoms with Crippen LogP contribution in [0.4, 0.5) is 10.1 Å². The van der Waals surface area contributed by atoms with Crippen molar-refractivity contribution in [2.24, 2.45) is 0 Å². The van der Waals surface area contributed by atoms with E-state index in [4.69, 9.17) is 11.6 Å². The molecule has 3 nitrogen and oxygen atoms in total. The number of hydrogen-bond donors (Lipinski definition) is 2. The van der Waals surface area contributed by atoms with Gasteiger partial charge in [-0.05, 0) is 30.3 Å². The van der Waals surface area contributed by atoms with E-state index in [-0.39, 0.29) is 23.5 Å². The molecule has 3 N–H and O–H groups in total. The molecule has 0 aromatic heterocycles. The van der Waals surface area contributed by atoms with Crippen molar-refractivity contribution in [1.82, 2.24) is 0 Å². The lowest BCUT2D eigenvalue weighted by molar-refractivity contribution is -0.686. The number of anilines is 1. The van der Waals surface area contributed by atoms with E-state index in [1.165, 1.54) is 23.8 Å². The number of hydrogen-bond acceptors (Lipinski definition) is 1. The molecule has 0 aliphatic rings. The zero-order valence-electron chi connectivity index (χ0n) is 12.7. The molecule has 0 saturated carbocycles. The van der Waals surface area contributed by atoms with E-state index >= 15 is 0 Å². The first kappa shape index (κ1) is 17.9. The summed E-state index contributed by atoms with van der Waals surface area (Å²) in [7, 11) is 0. The van der Waals surface area contributed by atoms with Gasteiger partial charge in [0.25, 0.3) is 5.91 Å². The second-order valence-electron chi connectivity index (χ2n) is 5.18. The van der Waals surface area contributed by atoms with Crippen molar-refractivity contribution in [2.75, 3.05) is 11.9 Å². The first-order valence-electron chi connectivity index (χ1n) is 7.33. The molecule has 2 aromatic rings. The molecule has 0 fully saturated rings. The topological polar surface area (TPSA) is 45.7 Å². The Morgan fingerprint density at radius 3 is 2.61 bits per heavy atom. The molecule has 23 heavy (non-hydrogen) atoms.